The standard InChI is InChI=1S/C25H33N5O4S/c1-16(2)27-21-12-17(10-11-26-21)14-28-23(32)30(22(31)25(28,5)6)18-8-9-19-20(13-18)29(35(7,33)34)15-24(19,3)4/h8-13,16H,14-15H2,1-7H3,(H,26,27). The molecule has 4 rings (SSSR count). The summed E-state index contributed by atoms with van der Waals surface area (Å²) in [5.41, 5.74) is 1.11. The quantitative estimate of drug-likeness (QED) is 0.608. The lowest BCUT2D eigenvalue weighted by Gasteiger charge is -2.27. The molecular formula is C25H33N5O4S. The van der Waals surface area contributed by atoms with Crippen LogP contribution in [0.25, 0.3) is 0 Å². The molecule has 0 aliphatic carbocycles. The van der Waals surface area contributed by atoms with Crippen molar-refractivity contribution in [3.63, 3.8) is 0 Å². The fourth-order valence-corrected chi connectivity index (χ4v) is 5.79. The second-order valence-corrected chi connectivity index (χ2v) is 12.7. The van der Waals surface area contributed by atoms with Crippen LogP contribution in [0.5, 0.6) is 0 Å². The molecule has 2 aromatic rings. The molecule has 3 amide bonds. The number of nitrogens with zero attached hydrogens (tertiary/aromatic N) is 4. The number of hydrogen-bond donors (Lipinski definition) is 1. The van der Waals surface area contributed by atoms with Crippen molar-refractivity contribution in [1.82, 2.24) is 9.88 Å². The third-order valence-corrected chi connectivity index (χ3v) is 7.73. The van der Waals surface area contributed by atoms with Gasteiger partial charge in [-0.2, -0.15) is 0 Å². The van der Waals surface area contributed by atoms with Gasteiger partial charge in [-0.25, -0.2) is 23.1 Å². The van der Waals surface area contributed by atoms with Gasteiger partial charge in [0.15, 0.2) is 0 Å². The van der Waals surface area contributed by atoms with E-state index in [9.17, 15) is 18.0 Å². The zero-order chi connectivity index (χ0) is 25.9. The fourth-order valence-electron chi connectivity index (χ4n) is 4.72. The summed E-state index contributed by atoms with van der Waals surface area (Å²) in [4.78, 5) is 34.0. The molecule has 2 aliphatic heterocycles. The molecule has 0 spiro atoms. The molecule has 3 heterocycles. The maximum absolute atomic E-state index is 13.6. The second kappa shape index (κ2) is 8.22. The first-order valence-corrected chi connectivity index (χ1v) is 13.5. The largest absolute Gasteiger partial charge is 0.368 e. The van der Waals surface area contributed by atoms with Crippen LogP contribution in [-0.2, 0) is 26.8 Å². The summed E-state index contributed by atoms with van der Waals surface area (Å²) >= 11 is 0. The van der Waals surface area contributed by atoms with Crippen molar-refractivity contribution in [3.8, 4) is 0 Å². The average molecular weight is 500 g/mol. The number of rotatable bonds is 6. The topological polar surface area (TPSA) is 103 Å². The molecule has 1 saturated heterocycles. The Bertz CT molecular complexity index is 1300. The molecule has 0 bridgehead atoms. The fraction of sp³-hybridized carbons (Fsp3) is 0.480. The number of benzene rings is 1. The van der Waals surface area contributed by atoms with E-state index < -0.39 is 21.6 Å². The lowest BCUT2D eigenvalue weighted by atomic mass is 9.87. The lowest BCUT2D eigenvalue weighted by molar-refractivity contribution is -0.123. The van der Waals surface area contributed by atoms with Crippen molar-refractivity contribution in [2.75, 3.05) is 27.3 Å². The lowest BCUT2D eigenvalue weighted by Crippen LogP contribution is -2.43. The molecule has 188 valence electrons. The minimum Gasteiger partial charge on any atom is -0.368 e. The summed E-state index contributed by atoms with van der Waals surface area (Å²) in [5.74, 6) is 0.340. The van der Waals surface area contributed by atoms with Crippen molar-refractivity contribution in [2.45, 2.75) is 65.1 Å². The Kier molecular flexibility index (Phi) is 5.86. The molecule has 2 aliphatic rings. The van der Waals surface area contributed by atoms with Crippen LogP contribution in [0.15, 0.2) is 36.5 Å². The minimum atomic E-state index is -3.52. The summed E-state index contributed by atoms with van der Waals surface area (Å²) in [6, 6.07) is 8.63. The maximum atomic E-state index is 13.6. The predicted molar refractivity (Wildman–Crippen MR) is 137 cm³/mol. The molecule has 1 fully saturated rings. The van der Waals surface area contributed by atoms with Crippen LogP contribution in [0, 0.1) is 0 Å². The van der Waals surface area contributed by atoms with Crippen molar-refractivity contribution in [3.05, 3.63) is 47.7 Å². The number of amides is 3. The molecule has 35 heavy (non-hydrogen) atoms. The van der Waals surface area contributed by atoms with Crippen LogP contribution < -0.4 is 14.5 Å². The number of anilines is 3. The average Bonchev–Trinajstić information content (AvgIpc) is 3.10. The molecule has 10 heteroatoms. The van der Waals surface area contributed by atoms with E-state index in [1.807, 2.05) is 45.9 Å². The monoisotopic (exact) mass is 499 g/mol. The number of pyridine rings is 1. The van der Waals surface area contributed by atoms with Gasteiger partial charge in [-0.3, -0.25) is 9.10 Å². The number of carbonyl (C=O) groups excluding carboxylic acids is 2. The molecule has 0 saturated carbocycles. The van der Waals surface area contributed by atoms with E-state index in [1.54, 1.807) is 32.2 Å². The van der Waals surface area contributed by atoms with Gasteiger partial charge in [0.05, 0.1) is 17.6 Å². The van der Waals surface area contributed by atoms with Gasteiger partial charge in [0.1, 0.15) is 11.4 Å². The molecular weight excluding hydrogens is 466 g/mol. The number of carbonyl (C=O) groups is 2. The Balaban J connectivity index is 1.69. The van der Waals surface area contributed by atoms with Gasteiger partial charge >= 0.3 is 6.03 Å². The normalized spacial score (nSPS) is 19.0. The smallest absolute Gasteiger partial charge is 0.332 e. The van der Waals surface area contributed by atoms with Crippen molar-refractivity contribution in [2.24, 2.45) is 0 Å². The Morgan fingerprint density at radius 2 is 1.77 bits per heavy atom. The van der Waals surface area contributed by atoms with Crippen molar-refractivity contribution < 1.29 is 18.0 Å². The van der Waals surface area contributed by atoms with Gasteiger partial charge in [0, 0.05) is 30.7 Å². The van der Waals surface area contributed by atoms with Gasteiger partial charge in [-0.15, -0.1) is 0 Å². The number of sulfonamides is 1. The Labute approximate surface area is 207 Å². The molecule has 0 atom stereocenters. The van der Waals surface area contributed by atoms with Crippen molar-refractivity contribution in [1.29, 1.82) is 0 Å². The first-order chi connectivity index (χ1) is 16.1. The molecule has 0 radical (unpaired) electrons. The highest BCUT2D eigenvalue weighted by atomic mass is 32.2. The van der Waals surface area contributed by atoms with Crippen LogP contribution in [0.3, 0.4) is 0 Å². The minimum absolute atomic E-state index is 0.205. The number of imide groups is 1. The van der Waals surface area contributed by atoms with E-state index >= 15 is 0 Å². The van der Waals surface area contributed by atoms with Crippen molar-refractivity contribution >= 4 is 39.2 Å². The third kappa shape index (κ3) is 4.35. The molecule has 1 aromatic carbocycles. The summed E-state index contributed by atoms with van der Waals surface area (Å²) in [7, 11) is -3.52. The maximum Gasteiger partial charge on any atom is 0.332 e. The highest BCUT2D eigenvalue weighted by Gasteiger charge is 2.52. The van der Waals surface area contributed by atoms with E-state index in [0.29, 0.717) is 23.7 Å². The number of aromatic nitrogens is 1. The molecule has 0 unspecified atom stereocenters. The van der Waals surface area contributed by atoms with Crippen LogP contribution in [0.1, 0.15) is 52.7 Å². The van der Waals surface area contributed by atoms with E-state index in [-0.39, 0.29) is 23.9 Å². The molecule has 9 nitrogen and oxygen atoms in total. The van der Waals surface area contributed by atoms with Gasteiger partial charge in [-0.1, -0.05) is 19.9 Å². The first-order valence-electron chi connectivity index (χ1n) is 11.6. The first kappa shape index (κ1) is 25.0. The SMILES string of the molecule is CC(C)Nc1cc(CN2C(=O)N(c3ccc4c(c3)N(S(C)(=O)=O)CC4(C)C)C(=O)C2(C)C)ccn1. The summed E-state index contributed by atoms with van der Waals surface area (Å²) in [5, 5.41) is 3.25. The van der Waals surface area contributed by atoms with Gasteiger partial charge in [0.25, 0.3) is 5.91 Å². The third-order valence-electron chi connectivity index (χ3n) is 6.60. The van der Waals surface area contributed by atoms with Gasteiger partial charge in [0.2, 0.25) is 10.0 Å². The Morgan fingerprint density at radius 3 is 2.40 bits per heavy atom. The molecule has 1 N–H and O–H groups in total. The van der Waals surface area contributed by atoms with Crippen LogP contribution >= 0.6 is 0 Å². The van der Waals surface area contributed by atoms with E-state index in [1.165, 1.54) is 15.5 Å². The predicted octanol–water partition coefficient (Wildman–Crippen LogP) is 3.71. The zero-order valence-electron chi connectivity index (χ0n) is 21.3. The van der Waals surface area contributed by atoms with E-state index in [2.05, 4.69) is 10.3 Å². The number of nitrogens with one attached hydrogen (secondary N) is 1. The molecule has 1 aromatic heterocycles. The van der Waals surface area contributed by atoms with Crippen LogP contribution in [0.4, 0.5) is 22.0 Å². The number of hydrogen-bond acceptors (Lipinski definition) is 6. The highest BCUT2D eigenvalue weighted by molar-refractivity contribution is 7.92. The van der Waals surface area contributed by atoms with E-state index in [4.69, 9.17) is 0 Å². The van der Waals surface area contributed by atoms with Crippen LogP contribution in [-0.4, -0.2) is 54.6 Å². The van der Waals surface area contributed by atoms with Gasteiger partial charge in [-0.05, 0) is 63.1 Å². The highest BCUT2D eigenvalue weighted by Crippen LogP contribution is 2.44. The zero-order valence-corrected chi connectivity index (χ0v) is 22.1. The number of fused-ring (bicyclic) bond motifs is 1. The Morgan fingerprint density at radius 1 is 1.09 bits per heavy atom. The van der Waals surface area contributed by atoms with Crippen LogP contribution in [0.2, 0.25) is 0 Å². The second-order valence-electron chi connectivity index (χ2n) is 10.8. The number of urea groups is 1. The summed E-state index contributed by atoms with van der Waals surface area (Å²) < 4.78 is 26.3. The van der Waals surface area contributed by atoms with Gasteiger partial charge < -0.3 is 10.2 Å². The summed E-state index contributed by atoms with van der Waals surface area (Å²) in [6.07, 6.45) is 2.84. The van der Waals surface area contributed by atoms with E-state index in [0.717, 1.165) is 16.0 Å². The Hall–Kier alpha value is -3.14. The summed E-state index contributed by atoms with van der Waals surface area (Å²) in [6.45, 7) is 12.0.